The van der Waals surface area contributed by atoms with Crippen molar-refractivity contribution in [3.63, 3.8) is 0 Å². The van der Waals surface area contributed by atoms with Crippen molar-refractivity contribution in [2.24, 2.45) is 0 Å². The van der Waals surface area contributed by atoms with Gasteiger partial charge >= 0.3 is 0 Å². The number of nitrogens with one attached hydrogen (secondary N) is 1. The molecule has 6 heterocycles. The highest BCUT2D eigenvalue weighted by atomic mass is 79.9. The van der Waals surface area contributed by atoms with Gasteiger partial charge in [-0.15, -0.1) is 11.3 Å². The van der Waals surface area contributed by atoms with Crippen molar-refractivity contribution in [1.82, 2.24) is 29.8 Å². The minimum atomic E-state index is -0.929. The van der Waals surface area contributed by atoms with E-state index < -0.39 is 42.9 Å². The van der Waals surface area contributed by atoms with Crippen LogP contribution in [0.3, 0.4) is 0 Å². The van der Waals surface area contributed by atoms with Crippen molar-refractivity contribution in [1.29, 1.82) is 0 Å². The number of halogens is 2. The number of hydrogen-bond acceptors (Lipinski definition) is 7. The molecule has 5 unspecified atom stereocenters. The predicted molar refractivity (Wildman–Crippen MR) is 122 cm³/mol. The van der Waals surface area contributed by atoms with Crippen LogP contribution in [0.2, 0.25) is 0 Å². The molecule has 0 saturated carbocycles. The second kappa shape index (κ2) is 7.48. The second-order valence-electron chi connectivity index (χ2n) is 8.36. The van der Waals surface area contributed by atoms with Gasteiger partial charge in [-0.25, -0.2) is 0 Å². The molecule has 5 fully saturated rings. The van der Waals surface area contributed by atoms with Crippen LogP contribution in [0.25, 0.3) is 0 Å². The van der Waals surface area contributed by atoms with E-state index in [0.717, 1.165) is 0 Å². The van der Waals surface area contributed by atoms with Crippen molar-refractivity contribution >= 4 is 72.7 Å². The molecular weight excluding hydrogens is 584 g/mol. The van der Waals surface area contributed by atoms with Crippen molar-refractivity contribution in [3.8, 4) is 0 Å². The van der Waals surface area contributed by atoms with Crippen LogP contribution < -0.4 is 5.32 Å². The largest absolute Gasteiger partial charge is 0.299 e. The molecule has 5 amide bonds. The Balaban J connectivity index is 1.78. The molecule has 11 nitrogen and oxygen atoms in total. The predicted octanol–water partition coefficient (Wildman–Crippen LogP) is 0.710. The summed E-state index contributed by atoms with van der Waals surface area (Å²) < 4.78 is 1.26. The molecule has 176 valence electrons. The normalized spacial score (nSPS) is 31.5. The molecule has 5 saturated heterocycles. The summed E-state index contributed by atoms with van der Waals surface area (Å²) >= 11 is 8.05. The molecule has 0 aliphatic carbocycles. The number of carbonyl (C=O) groups is 5. The van der Waals surface area contributed by atoms with Crippen molar-refractivity contribution < 1.29 is 24.0 Å². The molecule has 14 heteroatoms. The van der Waals surface area contributed by atoms with E-state index in [2.05, 4.69) is 37.2 Å². The van der Waals surface area contributed by atoms with Crippen LogP contribution in [0.5, 0.6) is 0 Å². The molecule has 5 aliphatic heterocycles. The number of thiophene rings is 1. The average Bonchev–Trinajstić information content (AvgIpc) is 3.28. The van der Waals surface area contributed by atoms with Gasteiger partial charge in [-0.2, -0.15) is 0 Å². The summed E-state index contributed by atoms with van der Waals surface area (Å²) in [6, 6.07) is 0. The molecule has 1 N–H and O–H groups in total. The van der Waals surface area contributed by atoms with E-state index in [4.69, 9.17) is 0 Å². The maximum atomic E-state index is 14.0. The fourth-order valence-electron chi connectivity index (χ4n) is 5.65. The van der Waals surface area contributed by atoms with E-state index >= 15 is 0 Å². The minimum Gasteiger partial charge on any atom is -0.299 e. The van der Waals surface area contributed by atoms with Crippen LogP contribution in [0, 0.1) is 0 Å². The summed E-state index contributed by atoms with van der Waals surface area (Å²) in [4.78, 5) is 73.2. The van der Waals surface area contributed by atoms with E-state index in [-0.39, 0.29) is 23.6 Å². The number of amides is 5. The molecule has 1 aromatic rings. The van der Waals surface area contributed by atoms with Gasteiger partial charge in [0.2, 0.25) is 23.6 Å². The highest BCUT2D eigenvalue weighted by Crippen LogP contribution is 2.49. The first kappa shape index (κ1) is 22.7. The van der Waals surface area contributed by atoms with Crippen LogP contribution in [-0.4, -0.2) is 91.0 Å². The lowest BCUT2D eigenvalue weighted by molar-refractivity contribution is -0.152. The SMILES string of the molecule is CC(=O)N1C2NC3C4N(C(=O)c5scc(Br)c5Br)C2N(C(C)=O)C1[C@@H](N3C(C)=O)N4C(C)=O. The number of piperazine rings is 1. The number of hydrogen-bond donors (Lipinski definition) is 1. The minimum absolute atomic E-state index is 0.336. The Bertz CT molecular complexity index is 1070. The van der Waals surface area contributed by atoms with Crippen molar-refractivity contribution in [2.45, 2.75) is 64.7 Å². The lowest BCUT2D eigenvalue weighted by Gasteiger charge is -2.49. The molecule has 1 aromatic heterocycles. The van der Waals surface area contributed by atoms with Gasteiger partial charge in [0.1, 0.15) is 41.9 Å². The standard InChI is InChI=1S/C19H20Br2N6O5S/c1-6(28)23-13-15-25(8(3)30)17(23)18-24(7(2)29)14(22-13)16(26(18)9(4)31)27(15)19(32)12-11(21)10(20)5-33-12/h5,13-18,22H,1-4H3/t13?,14?,15?,16?,17-,18?/m0/s1. The molecule has 6 atom stereocenters. The maximum Gasteiger partial charge on any atom is 0.268 e. The Kier molecular flexibility index (Phi) is 5.16. The van der Waals surface area contributed by atoms with E-state index in [1.165, 1.54) is 63.5 Å². The molecular formula is C19H20Br2N6O5S. The van der Waals surface area contributed by atoms with Gasteiger partial charge in [0.05, 0.1) is 4.47 Å². The summed E-state index contributed by atoms with van der Waals surface area (Å²) in [5.74, 6) is -1.82. The maximum absolute atomic E-state index is 14.0. The summed E-state index contributed by atoms with van der Waals surface area (Å²) in [6.07, 6.45) is -5.02. The quantitative estimate of drug-likeness (QED) is 0.506. The summed E-state index contributed by atoms with van der Waals surface area (Å²) in [5.41, 5.74) is 0. The Labute approximate surface area is 209 Å². The summed E-state index contributed by atoms with van der Waals surface area (Å²) in [7, 11) is 0. The van der Waals surface area contributed by atoms with E-state index in [9.17, 15) is 24.0 Å². The lowest BCUT2D eigenvalue weighted by Crippen LogP contribution is -2.75. The highest BCUT2D eigenvalue weighted by Gasteiger charge is 2.73. The van der Waals surface area contributed by atoms with Crippen LogP contribution >= 0.6 is 43.2 Å². The Morgan fingerprint density at radius 1 is 0.727 bits per heavy atom. The third-order valence-electron chi connectivity index (χ3n) is 6.62. The first-order valence-electron chi connectivity index (χ1n) is 10.2. The number of carbonyl (C=O) groups excluding carboxylic acids is 5. The third-order valence-corrected chi connectivity index (χ3v) is 10.1. The van der Waals surface area contributed by atoms with Crippen LogP contribution in [0.15, 0.2) is 14.3 Å². The third kappa shape index (κ3) is 2.83. The van der Waals surface area contributed by atoms with Crippen LogP contribution in [0.4, 0.5) is 0 Å². The van der Waals surface area contributed by atoms with E-state index in [1.54, 1.807) is 5.38 Å². The van der Waals surface area contributed by atoms with E-state index in [1.807, 2.05) is 0 Å². The Hall–Kier alpha value is -2.03. The van der Waals surface area contributed by atoms with Crippen LogP contribution in [-0.2, 0) is 19.2 Å². The van der Waals surface area contributed by atoms with Crippen LogP contribution in [0.1, 0.15) is 37.4 Å². The summed E-state index contributed by atoms with van der Waals surface area (Å²) in [5, 5.41) is 5.06. The zero-order valence-corrected chi connectivity index (χ0v) is 22.0. The second-order valence-corrected chi connectivity index (χ2v) is 10.9. The Morgan fingerprint density at radius 3 is 1.48 bits per heavy atom. The molecule has 6 rings (SSSR count). The average molecular weight is 604 g/mol. The van der Waals surface area contributed by atoms with E-state index in [0.29, 0.717) is 13.8 Å². The first-order valence-corrected chi connectivity index (χ1v) is 12.6. The smallest absolute Gasteiger partial charge is 0.268 e. The van der Waals surface area contributed by atoms with Gasteiger partial charge < -0.3 is 0 Å². The first-order chi connectivity index (χ1) is 15.5. The Morgan fingerprint density at radius 2 is 1.15 bits per heavy atom. The van der Waals surface area contributed by atoms with Gasteiger partial charge in [0, 0.05) is 37.5 Å². The lowest BCUT2D eigenvalue weighted by atomic mass is 10.1. The fourth-order valence-corrected chi connectivity index (χ4v) is 7.73. The van der Waals surface area contributed by atoms with Gasteiger partial charge in [-0.1, -0.05) is 0 Å². The molecule has 0 spiro atoms. The molecule has 0 radical (unpaired) electrons. The van der Waals surface area contributed by atoms with Crippen molar-refractivity contribution in [2.75, 3.05) is 0 Å². The molecule has 5 aliphatic rings. The van der Waals surface area contributed by atoms with Gasteiger partial charge in [-0.05, 0) is 31.9 Å². The zero-order valence-electron chi connectivity index (χ0n) is 18.0. The number of rotatable bonds is 1. The van der Waals surface area contributed by atoms with Gasteiger partial charge in [0.25, 0.3) is 5.91 Å². The monoisotopic (exact) mass is 602 g/mol. The van der Waals surface area contributed by atoms with Gasteiger partial charge in [0.15, 0.2) is 0 Å². The van der Waals surface area contributed by atoms with Crippen molar-refractivity contribution in [3.05, 3.63) is 19.2 Å². The van der Waals surface area contributed by atoms with Gasteiger partial charge in [-0.3, -0.25) is 53.8 Å². The number of nitrogens with zero attached hydrogens (tertiary/aromatic N) is 5. The zero-order chi connectivity index (χ0) is 24.1. The molecule has 0 aromatic carbocycles. The highest BCUT2D eigenvalue weighted by molar-refractivity contribution is 9.13. The fraction of sp³-hybridized carbons (Fsp3) is 0.526. The topological polar surface area (TPSA) is 114 Å². The summed E-state index contributed by atoms with van der Waals surface area (Å²) in [6.45, 7) is 5.45. The molecule has 6 bridgehead atoms. The molecule has 33 heavy (non-hydrogen) atoms.